The number of rotatable bonds is 5. The molecule has 12 heteroatoms. The zero-order chi connectivity index (χ0) is 13.4. The van der Waals surface area contributed by atoms with Crippen LogP contribution in [0.5, 0.6) is 0 Å². The summed E-state index contributed by atoms with van der Waals surface area (Å²) in [4.78, 5) is 9.42. The highest BCUT2D eigenvalue weighted by atomic mass is 32.2. The van der Waals surface area contributed by atoms with Crippen molar-refractivity contribution in [3.8, 4) is 0 Å². The van der Waals surface area contributed by atoms with Gasteiger partial charge in [0, 0.05) is 0 Å². The molecule has 0 heterocycles. The van der Waals surface area contributed by atoms with Crippen LogP contribution in [0.25, 0.3) is 0 Å². The van der Waals surface area contributed by atoms with Gasteiger partial charge in [0.05, 0.1) is 0 Å². The van der Waals surface area contributed by atoms with Gasteiger partial charge in [-0.05, 0) is 0 Å². The minimum atomic E-state index is -6.70. The summed E-state index contributed by atoms with van der Waals surface area (Å²) < 4.78 is 102. The fourth-order valence-electron chi connectivity index (χ4n) is 0.405. The van der Waals surface area contributed by atoms with Gasteiger partial charge in [-0.15, -0.1) is 0 Å². The molecule has 0 rings (SSSR count). The normalized spacial score (nSPS) is 14.9. The molecule has 0 aliphatic carbocycles. The molecule has 0 unspecified atom stereocenters. The first-order valence-corrected chi connectivity index (χ1v) is 4.48. The molecule has 5 nitrogen and oxygen atoms in total. The van der Waals surface area contributed by atoms with Gasteiger partial charge < -0.3 is 0 Å². The molecular weight excluding hydrogens is 274 g/mol. The molecule has 0 amide bonds. The third kappa shape index (κ3) is 2.82. The first kappa shape index (κ1) is 15.1. The van der Waals surface area contributed by atoms with E-state index in [-0.39, 0.29) is 0 Å². The molecule has 96 valence electrons. The quantitative estimate of drug-likeness (QED) is 0.458. The van der Waals surface area contributed by atoms with Crippen molar-refractivity contribution in [1.82, 2.24) is 0 Å². The van der Waals surface area contributed by atoms with Crippen molar-refractivity contribution in [2.75, 3.05) is 0 Å². The van der Waals surface area contributed by atoms with E-state index >= 15 is 0 Å². The van der Waals surface area contributed by atoms with E-state index in [0.717, 1.165) is 0 Å². The zero-order valence-corrected chi connectivity index (χ0v) is 7.65. The monoisotopic (exact) mass is 276 g/mol. The van der Waals surface area contributed by atoms with Gasteiger partial charge in [0.2, 0.25) is 6.29 Å². The minimum Gasteiger partial charge on any atom is -0.294 e. The predicted octanol–water partition coefficient (Wildman–Crippen LogP) is 0.868. The van der Waals surface area contributed by atoms with E-state index in [9.17, 15) is 39.6 Å². The maximum atomic E-state index is 12.2. The van der Waals surface area contributed by atoms with E-state index in [1.807, 2.05) is 4.74 Å². The fourth-order valence-corrected chi connectivity index (χ4v) is 0.746. The summed E-state index contributed by atoms with van der Waals surface area (Å²) in [5.41, 5.74) is 0. The van der Waals surface area contributed by atoms with E-state index in [0.29, 0.717) is 0 Å². The maximum Gasteiger partial charge on any atom is 0.460 e. The van der Waals surface area contributed by atoms with Gasteiger partial charge >= 0.3 is 27.6 Å². The van der Waals surface area contributed by atoms with Crippen LogP contribution in [-0.4, -0.2) is 36.7 Å². The van der Waals surface area contributed by atoms with E-state index < -0.39 is 33.9 Å². The highest BCUT2D eigenvalue weighted by Crippen LogP contribution is 2.41. The summed E-state index contributed by atoms with van der Waals surface area (Å²) in [5.74, 6) is 0. The molecule has 16 heavy (non-hydrogen) atoms. The highest BCUT2D eigenvalue weighted by molar-refractivity contribution is 7.86. The van der Waals surface area contributed by atoms with E-state index in [1.165, 1.54) is 0 Å². The Morgan fingerprint density at radius 2 is 1.44 bits per heavy atom. The van der Waals surface area contributed by atoms with Crippen molar-refractivity contribution >= 4 is 16.4 Å². The van der Waals surface area contributed by atoms with Crippen LogP contribution in [0.1, 0.15) is 0 Å². The first-order chi connectivity index (χ1) is 6.77. The zero-order valence-electron chi connectivity index (χ0n) is 6.83. The van der Waals surface area contributed by atoms with Gasteiger partial charge in [-0.25, -0.2) is 4.74 Å². The lowest BCUT2D eigenvalue weighted by Crippen LogP contribution is -2.51. The molecule has 0 radical (unpaired) electrons. The van der Waals surface area contributed by atoms with Crippen LogP contribution >= 0.6 is 0 Å². The number of carbonyl (C=O) groups is 1. The number of hydrogen-bond donors (Lipinski definition) is 1. The number of ether oxygens (including phenoxy) is 1. The van der Waals surface area contributed by atoms with Crippen LogP contribution in [0.3, 0.4) is 0 Å². The topological polar surface area (TPSA) is 80.7 Å². The Kier molecular flexibility index (Phi) is 3.64. The predicted molar refractivity (Wildman–Crippen MR) is 33.5 cm³/mol. The van der Waals surface area contributed by atoms with Crippen molar-refractivity contribution < 1.29 is 48.8 Å². The van der Waals surface area contributed by atoms with Crippen molar-refractivity contribution in [3.63, 3.8) is 0 Å². The lowest BCUT2D eigenvalue weighted by atomic mass is 10.6. The third-order valence-corrected chi connectivity index (χ3v) is 1.95. The Morgan fingerprint density at radius 3 is 1.69 bits per heavy atom. The first-order valence-electron chi connectivity index (χ1n) is 3.04. The van der Waals surface area contributed by atoms with Gasteiger partial charge in [0.1, 0.15) is 0 Å². The average Bonchev–Trinajstić information content (AvgIpc) is 2.00. The molecule has 0 saturated heterocycles. The second-order valence-electron chi connectivity index (χ2n) is 2.29. The summed E-state index contributed by atoms with van der Waals surface area (Å²) in [6.07, 6.45) is -13.2. The van der Waals surface area contributed by atoms with Crippen molar-refractivity contribution in [2.45, 2.75) is 17.5 Å². The van der Waals surface area contributed by atoms with Crippen molar-refractivity contribution in [2.24, 2.45) is 0 Å². The average molecular weight is 276 g/mol. The van der Waals surface area contributed by atoms with Crippen molar-refractivity contribution in [1.29, 1.82) is 0 Å². The van der Waals surface area contributed by atoms with Crippen LogP contribution in [0.15, 0.2) is 0 Å². The largest absolute Gasteiger partial charge is 0.460 e. The third-order valence-electron chi connectivity index (χ3n) is 1.06. The molecule has 0 bridgehead atoms. The molecular formula is C4H2F6O5S. The Hall–Kier alpha value is -0.880. The molecule has 1 N–H and O–H groups in total. The van der Waals surface area contributed by atoms with Crippen molar-refractivity contribution in [3.05, 3.63) is 0 Å². The van der Waals surface area contributed by atoms with E-state index in [1.54, 1.807) is 0 Å². The summed E-state index contributed by atoms with van der Waals surface area (Å²) in [5, 5.41) is -6.33. The summed E-state index contributed by atoms with van der Waals surface area (Å²) in [6, 6.07) is 0. The Labute approximate surface area is 83.7 Å². The maximum absolute atomic E-state index is 12.2. The van der Waals surface area contributed by atoms with Gasteiger partial charge in [0.25, 0.3) is 0 Å². The number of hydrogen-bond acceptors (Lipinski definition) is 4. The molecule has 0 aliphatic rings. The summed E-state index contributed by atoms with van der Waals surface area (Å²) in [6.45, 7) is 0. The fraction of sp³-hybridized carbons (Fsp3) is 0.750. The summed E-state index contributed by atoms with van der Waals surface area (Å²) in [7, 11) is -6.70. The number of carbonyl (C=O) groups excluding carboxylic acids is 1. The lowest BCUT2D eigenvalue weighted by molar-refractivity contribution is -0.396. The van der Waals surface area contributed by atoms with Crippen LogP contribution in [-0.2, 0) is 19.6 Å². The SMILES string of the molecule is O=CC(F)(F)OC(F)(F)C(F)(F)S(=O)(=O)O. The number of alkyl halides is 6. The smallest absolute Gasteiger partial charge is 0.294 e. The standard InChI is InChI=1S/C4H2F6O5S/c5-2(6,1-11)15-3(7,8)4(9,10)16(12,13)14/h1H,(H,12,13,14). The van der Waals surface area contributed by atoms with Crippen LogP contribution in [0, 0.1) is 0 Å². The van der Waals surface area contributed by atoms with Gasteiger partial charge in [-0.1, -0.05) is 0 Å². The van der Waals surface area contributed by atoms with Gasteiger partial charge in [0.15, 0.2) is 0 Å². The van der Waals surface area contributed by atoms with E-state index in [4.69, 9.17) is 4.55 Å². The molecule has 0 aromatic heterocycles. The molecule has 0 aliphatic heterocycles. The Morgan fingerprint density at radius 1 is 1.06 bits per heavy atom. The molecule has 0 spiro atoms. The minimum absolute atomic E-state index is 1.55. The molecule has 0 aromatic carbocycles. The van der Waals surface area contributed by atoms with Gasteiger partial charge in [-0.3, -0.25) is 9.35 Å². The summed E-state index contributed by atoms with van der Waals surface area (Å²) >= 11 is 0. The highest BCUT2D eigenvalue weighted by Gasteiger charge is 2.70. The Balaban J connectivity index is 5.30. The van der Waals surface area contributed by atoms with Gasteiger partial charge in [-0.2, -0.15) is 34.8 Å². The molecule has 0 saturated carbocycles. The second kappa shape index (κ2) is 3.85. The van der Waals surface area contributed by atoms with Crippen LogP contribution in [0.2, 0.25) is 0 Å². The second-order valence-corrected chi connectivity index (χ2v) is 3.75. The molecule has 0 fully saturated rings. The van der Waals surface area contributed by atoms with Crippen LogP contribution in [0.4, 0.5) is 26.3 Å². The molecule has 0 atom stereocenters. The number of halogens is 6. The van der Waals surface area contributed by atoms with Crippen LogP contribution < -0.4 is 0 Å². The molecule has 0 aromatic rings. The van der Waals surface area contributed by atoms with E-state index in [2.05, 4.69) is 0 Å². The Bertz CT molecular complexity index is 374. The lowest BCUT2D eigenvalue weighted by Gasteiger charge is -2.25. The number of aldehydes is 1.